The number of carbonyl (C=O) groups excluding carboxylic acids is 1. The molecule has 0 spiro atoms. The van der Waals surface area contributed by atoms with Gasteiger partial charge in [0.05, 0.1) is 21.1 Å². The number of hydrogen-bond acceptors (Lipinski definition) is 5. The molecule has 3 aromatic rings. The van der Waals surface area contributed by atoms with Gasteiger partial charge in [0, 0.05) is 18.2 Å². The van der Waals surface area contributed by atoms with Gasteiger partial charge in [-0.05, 0) is 30.7 Å². The first-order valence-corrected chi connectivity index (χ1v) is 10.5. The minimum atomic E-state index is -4.14. The number of hydrogen-bond donors (Lipinski definition) is 2. The van der Waals surface area contributed by atoms with Crippen LogP contribution < -0.4 is 10.0 Å². The number of nitro benzene ring substituents is 1. The fourth-order valence-corrected chi connectivity index (χ4v) is 3.90. The molecular formula is C21H19N3O5S. The molecule has 0 radical (unpaired) electrons. The van der Waals surface area contributed by atoms with E-state index in [-0.39, 0.29) is 28.4 Å². The van der Waals surface area contributed by atoms with Crippen molar-refractivity contribution in [2.45, 2.75) is 18.4 Å². The summed E-state index contributed by atoms with van der Waals surface area (Å²) in [6, 6.07) is 19.1. The molecule has 2 N–H and O–H groups in total. The maximum atomic E-state index is 12.8. The van der Waals surface area contributed by atoms with Crippen molar-refractivity contribution in [1.29, 1.82) is 0 Å². The van der Waals surface area contributed by atoms with Gasteiger partial charge in [-0.25, -0.2) is 8.42 Å². The Balaban J connectivity index is 1.84. The summed E-state index contributed by atoms with van der Waals surface area (Å²) < 4.78 is 27.9. The second kappa shape index (κ2) is 8.75. The Kier molecular flexibility index (Phi) is 6.12. The van der Waals surface area contributed by atoms with Gasteiger partial charge in [0.15, 0.2) is 0 Å². The quantitative estimate of drug-likeness (QED) is 0.443. The average Bonchev–Trinajstić information content (AvgIpc) is 2.73. The van der Waals surface area contributed by atoms with Gasteiger partial charge in [-0.2, -0.15) is 0 Å². The molecule has 0 aromatic heterocycles. The third-order valence-corrected chi connectivity index (χ3v) is 5.76. The highest BCUT2D eigenvalue weighted by atomic mass is 32.2. The number of nitro groups is 1. The molecule has 8 nitrogen and oxygen atoms in total. The van der Waals surface area contributed by atoms with E-state index in [9.17, 15) is 23.3 Å². The number of sulfonamides is 1. The van der Waals surface area contributed by atoms with Crippen LogP contribution in [0.1, 0.15) is 21.5 Å². The summed E-state index contributed by atoms with van der Waals surface area (Å²) in [5.41, 5.74) is 1.16. The zero-order valence-corrected chi connectivity index (χ0v) is 16.8. The summed E-state index contributed by atoms with van der Waals surface area (Å²) in [4.78, 5) is 22.8. The lowest BCUT2D eigenvalue weighted by atomic mass is 10.1. The maximum Gasteiger partial charge on any atom is 0.273 e. The van der Waals surface area contributed by atoms with Crippen LogP contribution in [0.4, 0.5) is 11.4 Å². The zero-order valence-electron chi connectivity index (χ0n) is 16.0. The van der Waals surface area contributed by atoms with Gasteiger partial charge in [0.2, 0.25) is 0 Å². The Labute approximate surface area is 173 Å². The van der Waals surface area contributed by atoms with Gasteiger partial charge in [0.25, 0.3) is 21.6 Å². The number of rotatable bonds is 7. The molecule has 0 aliphatic rings. The first-order valence-electron chi connectivity index (χ1n) is 8.97. The van der Waals surface area contributed by atoms with Crippen molar-refractivity contribution < 1.29 is 18.1 Å². The molecule has 0 bridgehead atoms. The number of aryl methyl sites for hydroxylation is 1. The van der Waals surface area contributed by atoms with Crippen LogP contribution in [0.25, 0.3) is 0 Å². The predicted molar refractivity (Wildman–Crippen MR) is 113 cm³/mol. The molecule has 3 rings (SSSR count). The van der Waals surface area contributed by atoms with E-state index < -0.39 is 20.9 Å². The van der Waals surface area contributed by atoms with E-state index in [1.165, 1.54) is 31.2 Å². The first kappa shape index (κ1) is 21.0. The maximum absolute atomic E-state index is 12.8. The summed E-state index contributed by atoms with van der Waals surface area (Å²) in [6.07, 6.45) is 0. The Hall–Kier alpha value is -3.72. The molecule has 0 saturated heterocycles. The smallest absolute Gasteiger partial charge is 0.273 e. The lowest BCUT2D eigenvalue weighted by molar-refractivity contribution is -0.385. The number of nitrogens with one attached hydrogen (secondary N) is 2. The molecule has 0 saturated carbocycles. The van der Waals surface area contributed by atoms with E-state index in [1.807, 2.05) is 30.3 Å². The number of para-hydroxylation sites is 1. The molecule has 30 heavy (non-hydrogen) atoms. The standard InChI is InChI=1S/C21H19N3O5S/c1-15-11-12-17(13-20(15)24(26)27)30(28,29)23-19-10-6-5-9-18(19)21(25)22-14-16-7-3-2-4-8-16/h2-13,23H,14H2,1H3,(H,22,25). The van der Waals surface area contributed by atoms with Crippen LogP contribution in [0, 0.1) is 17.0 Å². The van der Waals surface area contributed by atoms with Crippen LogP contribution in [0.3, 0.4) is 0 Å². The lowest BCUT2D eigenvalue weighted by Gasteiger charge is -2.13. The molecule has 0 fully saturated rings. The SMILES string of the molecule is Cc1ccc(S(=O)(=O)Nc2ccccc2C(=O)NCc2ccccc2)cc1[N+](=O)[O-]. The van der Waals surface area contributed by atoms with Crippen LogP contribution >= 0.6 is 0 Å². The number of anilines is 1. The summed E-state index contributed by atoms with van der Waals surface area (Å²) in [7, 11) is -4.14. The summed E-state index contributed by atoms with van der Waals surface area (Å²) >= 11 is 0. The molecule has 0 aliphatic heterocycles. The first-order chi connectivity index (χ1) is 14.3. The van der Waals surface area contributed by atoms with E-state index >= 15 is 0 Å². The molecule has 154 valence electrons. The number of benzene rings is 3. The van der Waals surface area contributed by atoms with Crippen LogP contribution in [0.15, 0.2) is 77.7 Å². The highest BCUT2D eigenvalue weighted by molar-refractivity contribution is 7.92. The predicted octanol–water partition coefficient (Wildman–Crippen LogP) is 3.63. The molecule has 1 amide bonds. The van der Waals surface area contributed by atoms with Crippen LogP contribution in [-0.4, -0.2) is 19.2 Å². The zero-order chi connectivity index (χ0) is 21.7. The van der Waals surface area contributed by atoms with Gasteiger partial charge >= 0.3 is 0 Å². The molecular weight excluding hydrogens is 406 g/mol. The monoisotopic (exact) mass is 425 g/mol. The van der Waals surface area contributed by atoms with Gasteiger partial charge in [-0.1, -0.05) is 48.5 Å². The second-order valence-electron chi connectivity index (χ2n) is 6.52. The van der Waals surface area contributed by atoms with Gasteiger partial charge < -0.3 is 5.32 Å². The molecule has 0 atom stereocenters. The highest BCUT2D eigenvalue weighted by Gasteiger charge is 2.22. The second-order valence-corrected chi connectivity index (χ2v) is 8.21. The number of nitrogens with zero attached hydrogens (tertiary/aromatic N) is 1. The van der Waals surface area contributed by atoms with Crippen LogP contribution in [0.5, 0.6) is 0 Å². The third kappa shape index (κ3) is 4.81. The average molecular weight is 425 g/mol. The van der Waals surface area contributed by atoms with E-state index in [0.717, 1.165) is 11.6 Å². The Morgan fingerprint density at radius 3 is 2.37 bits per heavy atom. The summed E-state index contributed by atoms with van der Waals surface area (Å²) in [5.74, 6) is -0.452. The Morgan fingerprint density at radius 1 is 1.00 bits per heavy atom. The van der Waals surface area contributed by atoms with Crippen molar-refractivity contribution in [2.24, 2.45) is 0 Å². The van der Waals surface area contributed by atoms with Gasteiger partial charge in [-0.3, -0.25) is 19.6 Å². The molecule has 0 unspecified atom stereocenters. The van der Waals surface area contributed by atoms with Gasteiger partial charge in [0.1, 0.15) is 0 Å². The minimum absolute atomic E-state index is 0.0753. The third-order valence-electron chi connectivity index (χ3n) is 4.40. The van der Waals surface area contributed by atoms with Crippen molar-refractivity contribution in [2.75, 3.05) is 4.72 Å². The van der Waals surface area contributed by atoms with Crippen molar-refractivity contribution in [1.82, 2.24) is 5.32 Å². The van der Waals surface area contributed by atoms with Crippen LogP contribution in [-0.2, 0) is 16.6 Å². The summed E-state index contributed by atoms with van der Waals surface area (Å²) in [5, 5.41) is 13.9. The molecule has 0 heterocycles. The van der Waals surface area contributed by atoms with E-state index in [4.69, 9.17) is 0 Å². The Morgan fingerprint density at radius 2 is 1.67 bits per heavy atom. The fraction of sp³-hybridized carbons (Fsp3) is 0.0952. The van der Waals surface area contributed by atoms with Crippen molar-refractivity contribution in [3.8, 4) is 0 Å². The molecule has 9 heteroatoms. The molecule has 0 aliphatic carbocycles. The topological polar surface area (TPSA) is 118 Å². The molecule has 3 aromatic carbocycles. The van der Waals surface area contributed by atoms with E-state index in [1.54, 1.807) is 12.1 Å². The van der Waals surface area contributed by atoms with E-state index in [2.05, 4.69) is 10.0 Å². The Bertz CT molecular complexity index is 1190. The van der Waals surface area contributed by atoms with Crippen molar-refractivity contribution in [3.63, 3.8) is 0 Å². The van der Waals surface area contributed by atoms with Crippen molar-refractivity contribution in [3.05, 3.63) is 99.6 Å². The minimum Gasteiger partial charge on any atom is -0.348 e. The van der Waals surface area contributed by atoms with Crippen LogP contribution in [0.2, 0.25) is 0 Å². The van der Waals surface area contributed by atoms with Crippen molar-refractivity contribution >= 4 is 27.3 Å². The summed E-state index contributed by atoms with van der Waals surface area (Å²) in [6.45, 7) is 1.80. The normalized spacial score (nSPS) is 11.0. The number of carbonyl (C=O) groups is 1. The van der Waals surface area contributed by atoms with Gasteiger partial charge in [-0.15, -0.1) is 0 Å². The van der Waals surface area contributed by atoms with E-state index in [0.29, 0.717) is 5.56 Å². The largest absolute Gasteiger partial charge is 0.348 e. The fourth-order valence-electron chi connectivity index (χ4n) is 2.80. The highest BCUT2D eigenvalue weighted by Crippen LogP contribution is 2.25. The number of amides is 1. The lowest BCUT2D eigenvalue weighted by Crippen LogP contribution is -2.25.